The minimum absolute atomic E-state index is 0.0579. The van der Waals surface area contributed by atoms with E-state index >= 15 is 0 Å². The molecule has 0 saturated carbocycles. The molecule has 2 heterocycles. The number of halogens is 1. The van der Waals surface area contributed by atoms with Gasteiger partial charge in [0.2, 0.25) is 0 Å². The van der Waals surface area contributed by atoms with E-state index in [2.05, 4.69) is 15.6 Å². The van der Waals surface area contributed by atoms with Crippen molar-refractivity contribution in [2.45, 2.75) is 19.9 Å². The predicted molar refractivity (Wildman–Crippen MR) is 121 cm³/mol. The van der Waals surface area contributed by atoms with Crippen LogP contribution in [0.4, 0.5) is 15.8 Å². The molecular formula is C23H21FN4OS. The van der Waals surface area contributed by atoms with E-state index in [4.69, 9.17) is 4.99 Å². The number of amides is 1. The maximum atomic E-state index is 14.1. The maximum Gasteiger partial charge on any atom is 0.255 e. The van der Waals surface area contributed by atoms with Gasteiger partial charge >= 0.3 is 0 Å². The highest BCUT2D eigenvalue weighted by atomic mass is 32.2. The van der Waals surface area contributed by atoms with Crippen LogP contribution >= 0.6 is 11.8 Å². The van der Waals surface area contributed by atoms with Gasteiger partial charge in [-0.3, -0.25) is 14.8 Å². The van der Waals surface area contributed by atoms with Crippen molar-refractivity contribution < 1.29 is 9.18 Å². The highest BCUT2D eigenvalue weighted by Gasteiger charge is 2.21. The molecule has 0 saturated heterocycles. The Labute approximate surface area is 178 Å². The van der Waals surface area contributed by atoms with Crippen LogP contribution in [0.2, 0.25) is 0 Å². The van der Waals surface area contributed by atoms with Gasteiger partial charge < -0.3 is 10.6 Å². The number of hydrogen-bond donors (Lipinski definition) is 2. The fourth-order valence-electron chi connectivity index (χ4n) is 3.12. The van der Waals surface area contributed by atoms with Crippen molar-refractivity contribution in [3.05, 3.63) is 89.0 Å². The number of nitrogens with zero attached hydrogens (tertiary/aromatic N) is 2. The number of anilines is 2. The molecule has 0 bridgehead atoms. The minimum atomic E-state index is -0.452. The summed E-state index contributed by atoms with van der Waals surface area (Å²) in [5, 5.41) is 6.76. The molecule has 3 aromatic rings. The Morgan fingerprint density at radius 3 is 2.77 bits per heavy atom. The zero-order valence-electron chi connectivity index (χ0n) is 16.6. The van der Waals surface area contributed by atoms with Crippen LogP contribution in [0.1, 0.15) is 33.1 Å². The van der Waals surface area contributed by atoms with Gasteiger partial charge in [-0.15, -0.1) is 0 Å². The molecule has 4 rings (SSSR count). The Morgan fingerprint density at radius 1 is 1.13 bits per heavy atom. The molecule has 1 aliphatic heterocycles. The zero-order valence-corrected chi connectivity index (χ0v) is 17.5. The van der Waals surface area contributed by atoms with Crippen molar-refractivity contribution in [3.63, 3.8) is 0 Å². The Balaban J connectivity index is 1.50. The first-order valence-corrected chi connectivity index (χ1v) is 10.5. The number of hydrogen-bond acceptors (Lipinski definition) is 5. The normalized spacial score (nSPS) is 15.6. The molecule has 0 aliphatic carbocycles. The summed E-state index contributed by atoms with van der Waals surface area (Å²) in [5.41, 5.74) is 4.26. The van der Waals surface area contributed by atoms with Crippen LogP contribution in [0.3, 0.4) is 0 Å². The SMILES string of the molecule is Cc1ccc(NC(=O)c2ccc(C)c(NC3=NC(c4cccnc4)CS3)c2)c(F)c1. The summed E-state index contributed by atoms with van der Waals surface area (Å²) in [7, 11) is 0. The molecule has 0 fully saturated rings. The molecule has 2 aromatic carbocycles. The molecule has 5 nitrogen and oxygen atoms in total. The van der Waals surface area contributed by atoms with Crippen molar-refractivity contribution in [1.29, 1.82) is 0 Å². The smallest absolute Gasteiger partial charge is 0.255 e. The highest BCUT2D eigenvalue weighted by molar-refractivity contribution is 8.14. The summed E-state index contributed by atoms with van der Waals surface area (Å²) >= 11 is 1.63. The molecule has 0 radical (unpaired) electrons. The second-order valence-corrected chi connectivity index (χ2v) is 8.15. The molecule has 1 amide bonds. The molecule has 152 valence electrons. The van der Waals surface area contributed by atoms with Gasteiger partial charge in [0.1, 0.15) is 5.82 Å². The van der Waals surface area contributed by atoms with E-state index in [0.717, 1.165) is 33.3 Å². The Kier molecular flexibility index (Phi) is 5.81. The number of aliphatic imine (C=N–C) groups is 1. The van der Waals surface area contributed by atoms with Crippen LogP contribution in [-0.4, -0.2) is 21.8 Å². The number of carbonyl (C=O) groups excluding carboxylic acids is 1. The highest BCUT2D eigenvalue weighted by Crippen LogP contribution is 2.31. The third-order valence-electron chi connectivity index (χ3n) is 4.83. The second kappa shape index (κ2) is 8.67. The van der Waals surface area contributed by atoms with Crippen LogP contribution in [0.25, 0.3) is 0 Å². The van der Waals surface area contributed by atoms with Crippen molar-refractivity contribution in [1.82, 2.24) is 4.98 Å². The summed E-state index contributed by atoms with van der Waals surface area (Å²) in [6.07, 6.45) is 3.58. The van der Waals surface area contributed by atoms with Crippen molar-refractivity contribution >= 4 is 34.2 Å². The van der Waals surface area contributed by atoms with Gasteiger partial charge in [-0.25, -0.2) is 4.39 Å². The third-order valence-corrected chi connectivity index (χ3v) is 5.80. The van der Waals surface area contributed by atoms with E-state index in [9.17, 15) is 9.18 Å². The summed E-state index contributed by atoms with van der Waals surface area (Å²) in [5.74, 6) is 0.0157. The van der Waals surface area contributed by atoms with Crippen LogP contribution in [0.5, 0.6) is 0 Å². The maximum absolute atomic E-state index is 14.1. The third kappa shape index (κ3) is 4.52. The minimum Gasteiger partial charge on any atom is -0.335 e. The topological polar surface area (TPSA) is 66.4 Å². The van der Waals surface area contributed by atoms with Crippen LogP contribution < -0.4 is 10.6 Å². The van der Waals surface area contributed by atoms with Crippen molar-refractivity contribution in [2.24, 2.45) is 4.99 Å². The number of nitrogens with one attached hydrogen (secondary N) is 2. The van der Waals surface area contributed by atoms with Gasteiger partial charge in [0.25, 0.3) is 5.91 Å². The van der Waals surface area contributed by atoms with Crippen molar-refractivity contribution in [3.8, 4) is 0 Å². The number of aryl methyl sites for hydroxylation is 2. The number of amidine groups is 1. The van der Waals surface area contributed by atoms with Crippen LogP contribution in [0, 0.1) is 19.7 Å². The van der Waals surface area contributed by atoms with E-state index in [0.29, 0.717) is 5.56 Å². The fourth-order valence-corrected chi connectivity index (χ4v) is 4.08. The lowest BCUT2D eigenvalue weighted by Crippen LogP contribution is -2.14. The van der Waals surface area contributed by atoms with Gasteiger partial charge in [-0.2, -0.15) is 0 Å². The van der Waals surface area contributed by atoms with E-state index in [1.807, 2.05) is 31.3 Å². The average Bonchev–Trinajstić information content (AvgIpc) is 3.21. The van der Waals surface area contributed by atoms with Gasteiger partial charge in [0, 0.05) is 29.4 Å². The number of benzene rings is 2. The van der Waals surface area contributed by atoms with Crippen molar-refractivity contribution in [2.75, 3.05) is 16.4 Å². The Hall–Kier alpha value is -3.19. The molecule has 1 unspecified atom stereocenters. The number of aromatic nitrogens is 1. The Bertz CT molecular complexity index is 1120. The fraction of sp³-hybridized carbons (Fsp3) is 0.174. The first-order valence-electron chi connectivity index (χ1n) is 9.55. The summed E-state index contributed by atoms with van der Waals surface area (Å²) in [6.45, 7) is 3.76. The zero-order chi connectivity index (χ0) is 21.1. The van der Waals surface area contributed by atoms with Crippen LogP contribution in [-0.2, 0) is 0 Å². The summed E-state index contributed by atoms with van der Waals surface area (Å²) in [6, 6.07) is 14.1. The van der Waals surface area contributed by atoms with Gasteiger partial charge in [0.15, 0.2) is 5.17 Å². The number of rotatable bonds is 4. The van der Waals surface area contributed by atoms with E-state index in [1.54, 1.807) is 49.1 Å². The molecule has 1 atom stereocenters. The van der Waals surface area contributed by atoms with Crippen LogP contribution in [0.15, 0.2) is 65.9 Å². The lowest BCUT2D eigenvalue weighted by atomic mass is 10.1. The van der Waals surface area contributed by atoms with Gasteiger partial charge in [-0.1, -0.05) is 30.0 Å². The number of thioether (sulfide) groups is 1. The first kappa shape index (κ1) is 20.1. The molecule has 1 aromatic heterocycles. The van der Waals surface area contributed by atoms with E-state index in [-0.39, 0.29) is 17.6 Å². The lowest BCUT2D eigenvalue weighted by Gasteiger charge is -2.12. The average molecular weight is 421 g/mol. The lowest BCUT2D eigenvalue weighted by molar-refractivity contribution is 0.102. The van der Waals surface area contributed by atoms with Gasteiger partial charge in [0.05, 0.1) is 11.7 Å². The standard InChI is InChI=1S/C23H21FN4OS/c1-14-5-8-19(18(24)10-14)26-22(29)16-7-6-15(2)20(11-16)27-23-28-21(13-30-23)17-4-3-9-25-12-17/h3-12,21H,13H2,1-2H3,(H,26,29)(H,27,28). The molecule has 1 aliphatic rings. The number of pyridine rings is 1. The van der Waals surface area contributed by atoms with E-state index in [1.165, 1.54) is 6.07 Å². The molecule has 30 heavy (non-hydrogen) atoms. The number of carbonyl (C=O) groups is 1. The quantitative estimate of drug-likeness (QED) is 0.597. The first-order chi connectivity index (χ1) is 14.5. The largest absolute Gasteiger partial charge is 0.335 e. The molecular weight excluding hydrogens is 399 g/mol. The predicted octanol–water partition coefficient (Wildman–Crippen LogP) is 5.35. The van der Waals surface area contributed by atoms with E-state index < -0.39 is 5.82 Å². The molecule has 2 N–H and O–H groups in total. The summed E-state index contributed by atoms with van der Waals surface area (Å²) < 4.78 is 14.1. The second-order valence-electron chi connectivity index (χ2n) is 7.14. The molecule has 0 spiro atoms. The molecule has 7 heteroatoms. The monoisotopic (exact) mass is 420 g/mol. The van der Waals surface area contributed by atoms with Gasteiger partial charge in [-0.05, 0) is 60.9 Å². The Morgan fingerprint density at radius 2 is 2.00 bits per heavy atom. The summed E-state index contributed by atoms with van der Waals surface area (Å²) in [4.78, 5) is 21.5.